The number of benzene rings is 1. The molecule has 0 saturated carbocycles. The van der Waals surface area contributed by atoms with Crippen molar-refractivity contribution in [3.05, 3.63) is 29.3 Å². The highest BCUT2D eigenvalue weighted by atomic mass is 35.5. The van der Waals surface area contributed by atoms with Crippen molar-refractivity contribution in [2.45, 2.75) is 39.7 Å². The first-order chi connectivity index (χ1) is 8.89. The van der Waals surface area contributed by atoms with Gasteiger partial charge in [-0.25, -0.2) is 4.79 Å². The average molecular weight is 284 g/mol. The number of ether oxygens (including phenoxy) is 1. The summed E-state index contributed by atoms with van der Waals surface area (Å²) in [6.07, 6.45) is 0.678. The number of hydrogen-bond donors (Lipinski definition) is 1. The normalized spacial score (nSPS) is 14.0. The Bertz CT molecular complexity index is 434. The summed E-state index contributed by atoms with van der Waals surface area (Å²) in [6.45, 7) is 8.19. The molecule has 106 valence electrons. The largest absolute Gasteiger partial charge is 0.464 e. The number of hydrogen-bond acceptors (Lipinski definition) is 3. The van der Waals surface area contributed by atoms with Gasteiger partial charge < -0.3 is 10.1 Å². The van der Waals surface area contributed by atoms with E-state index in [4.69, 9.17) is 16.3 Å². The number of rotatable bonds is 6. The van der Waals surface area contributed by atoms with Crippen molar-refractivity contribution in [2.24, 2.45) is 5.92 Å². The van der Waals surface area contributed by atoms with Crippen molar-refractivity contribution < 1.29 is 9.53 Å². The van der Waals surface area contributed by atoms with Gasteiger partial charge in [-0.2, -0.15) is 0 Å². The van der Waals surface area contributed by atoms with Gasteiger partial charge >= 0.3 is 5.97 Å². The number of carbonyl (C=O) groups is 1. The van der Waals surface area contributed by atoms with Gasteiger partial charge in [0, 0.05) is 0 Å². The quantitative estimate of drug-likeness (QED) is 0.798. The molecule has 0 aliphatic rings. The predicted molar refractivity (Wildman–Crippen MR) is 79.6 cm³/mol. The lowest BCUT2D eigenvalue weighted by Crippen LogP contribution is -2.45. The molecule has 0 fully saturated rings. The molecule has 1 N–H and O–H groups in total. The van der Waals surface area contributed by atoms with Crippen molar-refractivity contribution in [3.8, 4) is 0 Å². The number of para-hydroxylation sites is 1. The summed E-state index contributed by atoms with van der Waals surface area (Å²) in [5, 5.41) is 3.83. The second-order valence-corrected chi connectivity index (χ2v) is 5.66. The van der Waals surface area contributed by atoms with Crippen LogP contribution in [0.3, 0.4) is 0 Å². The monoisotopic (exact) mass is 283 g/mol. The van der Waals surface area contributed by atoms with Crippen LogP contribution in [0, 0.1) is 5.92 Å². The fourth-order valence-electron chi connectivity index (χ4n) is 2.15. The second-order valence-electron chi connectivity index (χ2n) is 5.26. The van der Waals surface area contributed by atoms with Gasteiger partial charge in [0.1, 0.15) is 5.54 Å². The fraction of sp³-hybridized carbons (Fsp3) is 0.533. The van der Waals surface area contributed by atoms with Crippen LogP contribution >= 0.6 is 11.6 Å². The molecule has 0 aliphatic heterocycles. The van der Waals surface area contributed by atoms with E-state index in [1.54, 1.807) is 6.07 Å². The summed E-state index contributed by atoms with van der Waals surface area (Å²) in [6, 6.07) is 7.40. The SMILES string of the molecule is CCOC(=O)C(C)(CC(C)C)Nc1ccccc1Cl. The van der Waals surface area contributed by atoms with Gasteiger partial charge in [0.2, 0.25) is 0 Å². The minimum absolute atomic E-state index is 0.247. The molecule has 0 amide bonds. The van der Waals surface area contributed by atoms with E-state index in [0.29, 0.717) is 24.0 Å². The van der Waals surface area contributed by atoms with E-state index in [9.17, 15) is 4.79 Å². The van der Waals surface area contributed by atoms with Gasteiger partial charge in [-0.15, -0.1) is 0 Å². The van der Waals surface area contributed by atoms with E-state index >= 15 is 0 Å². The molecule has 0 radical (unpaired) electrons. The van der Waals surface area contributed by atoms with Crippen molar-refractivity contribution in [2.75, 3.05) is 11.9 Å². The van der Waals surface area contributed by atoms with Crippen LogP contribution in [0.15, 0.2) is 24.3 Å². The lowest BCUT2D eigenvalue weighted by molar-refractivity contribution is -0.148. The fourth-order valence-corrected chi connectivity index (χ4v) is 2.34. The Labute approximate surface area is 120 Å². The van der Waals surface area contributed by atoms with Gasteiger partial charge in [0.05, 0.1) is 17.3 Å². The smallest absolute Gasteiger partial charge is 0.331 e. The summed E-state index contributed by atoms with van der Waals surface area (Å²) in [4.78, 5) is 12.2. The van der Waals surface area contributed by atoms with E-state index in [1.165, 1.54) is 0 Å². The molecule has 3 nitrogen and oxygen atoms in total. The Hall–Kier alpha value is -1.22. The maximum Gasteiger partial charge on any atom is 0.331 e. The minimum Gasteiger partial charge on any atom is -0.464 e. The highest BCUT2D eigenvalue weighted by Crippen LogP contribution is 2.28. The van der Waals surface area contributed by atoms with Gasteiger partial charge in [0.25, 0.3) is 0 Å². The third-order valence-electron chi connectivity index (χ3n) is 2.83. The van der Waals surface area contributed by atoms with Gasteiger partial charge in [-0.1, -0.05) is 37.6 Å². The average Bonchev–Trinajstić information content (AvgIpc) is 2.31. The molecule has 1 aromatic rings. The molecule has 0 heterocycles. The van der Waals surface area contributed by atoms with Crippen LogP contribution < -0.4 is 5.32 Å². The van der Waals surface area contributed by atoms with Gasteiger partial charge in [0.15, 0.2) is 0 Å². The Morgan fingerprint density at radius 2 is 2.05 bits per heavy atom. The molecule has 0 spiro atoms. The molecule has 0 aromatic heterocycles. The van der Waals surface area contributed by atoms with E-state index in [0.717, 1.165) is 5.69 Å². The third-order valence-corrected chi connectivity index (χ3v) is 3.16. The van der Waals surface area contributed by atoms with E-state index in [1.807, 2.05) is 32.0 Å². The Balaban J connectivity index is 2.97. The second kappa shape index (κ2) is 6.80. The molecule has 19 heavy (non-hydrogen) atoms. The van der Waals surface area contributed by atoms with Gasteiger partial charge in [-0.3, -0.25) is 0 Å². The summed E-state index contributed by atoms with van der Waals surface area (Å²) in [5.74, 6) is 0.119. The van der Waals surface area contributed by atoms with Crippen LogP contribution in [-0.2, 0) is 9.53 Å². The van der Waals surface area contributed by atoms with Crippen molar-refractivity contribution in [3.63, 3.8) is 0 Å². The molecule has 1 atom stereocenters. The predicted octanol–water partition coefficient (Wildman–Crippen LogP) is 4.12. The molecular formula is C15H22ClNO2. The molecule has 1 rings (SSSR count). The maximum absolute atomic E-state index is 12.2. The number of carbonyl (C=O) groups excluding carboxylic acids is 1. The van der Waals surface area contributed by atoms with E-state index in [2.05, 4.69) is 19.2 Å². The van der Waals surface area contributed by atoms with Gasteiger partial charge in [-0.05, 0) is 38.3 Å². The first-order valence-electron chi connectivity index (χ1n) is 6.59. The first kappa shape index (κ1) is 15.8. The lowest BCUT2D eigenvalue weighted by Gasteiger charge is -2.31. The Morgan fingerprint density at radius 3 is 2.58 bits per heavy atom. The summed E-state index contributed by atoms with van der Waals surface area (Å²) >= 11 is 6.13. The maximum atomic E-state index is 12.2. The topological polar surface area (TPSA) is 38.3 Å². The van der Waals surface area contributed by atoms with Crippen molar-refractivity contribution in [1.82, 2.24) is 0 Å². The first-order valence-corrected chi connectivity index (χ1v) is 6.96. The zero-order chi connectivity index (χ0) is 14.5. The number of nitrogens with one attached hydrogen (secondary N) is 1. The zero-order valence-corrected chi connectivity index (χ0v) is 12.8. The summed E-state index contributed by atoms with van der Waals surface area (Å²) in [7, 11) is 0. The highest BCUT2D eigenvalue weighted by molar-refractivity contribution is 6.33. The molecule has 0 bridgehead atoms. The Kier molecular flexibility index (Phi) is 5.67. The summed E-state index contributed by atoms with van der Waals surface area (Å²) in [5.41, 5.74) is -0.0183. The molecule has 1 unspecified atom stereocenters. The van der Waals surface area contributed by atoms with E-state index < -0.39 is 5.54 Å². The zero-order valence-electron chi connectivity index (χ0n) is 12.0. The van der Waals surface area contributed by atoms with Crippen molar-refractivity contribution >= 4 is 23.3 Å². The molecule has 4 heteroatoms. The van der Waals surface area contributed by atoms with Crippen LogP contribution in [0.5, 0.6) is 0 Å². The standard InChI is InChI=1S/C15H22ClNO2/c1-5-19-14(18)15(4,10-11(2)3)17-13-9-7-6-8-12(13)16/h6-9,11,17H,5,10H2,1-4H3. The number of halogens is 1. The molecule has 0 aliphatic carbocycles. The minimum atomic E-state index is -0.769. The summed E-state index contributed by atoms with van der Waals surface area (Å²) < 4.78 is 5.18. The lowest BCUT2D eigenvalue weighted by atomic mass is 9.90. The molecule has 0 saturated heterocycles. The van der Waals surface area contributed by atoms with E-state index in [-0.39, 0.29) is 5.97 Å². The van der Waals surface area contributed by atoms with Crippen LogP contribution in [0.2, 0.25) is 5.02 Å². The Morgan fingerprint density at radius 1 is 1.42 bits per heavy atom. The van der Waals surface area contributed by atoms with Crippen LogP contribution in [-0.4, -0.2) is 18.1 Å². The number of anilines is 1. The number of esters is 1. The van der Waals surface area contributed by atoms with Crippen LogP contribution in [0.1, 0.15) is 34.1 Å². The third kappa shape index (κ3) is 4.43. The van der Waals surface area contributed by atoms with Crippen molar-refractivity contribution in [1.29, 1.82) is 0 Å². The van der Waals surface area contributed by atoms with Crippen LogP contribution in [0.25, 0.3) is 0 Å². The van der Waals surface area contributed by atoms with Crippen LogP contribution in [0.4, 0.5) is 5.69 Å². The highest BCUT2D eigenvalue weighted by Gasteiger charge is 2.35. The molecular weight excluding hydrogens is 262 g/mol. The molecule has 1 aromatic carbocycles.